The lowest BCUT2D eigenvalue weighted by atomic mass is 10.0. The van der Waals surface area contributed by atoms with Crippen molar-refractivity contribution in [3.8, 4) is 0 Å². The Labute approximate surface area is 138 Å². The molecule has 3 fully saturated rings. The lowest BCUT2D eigenvalue weighted by Gasteiger charge is -2.42. The molecule has 1 spiro atoms. The van der Waals surface area contributed by atoms with Crippen molar-refractivity contribution in [3.05, 3.63) is 17.0 Å². The van der Waals surface area contributed by atoms with Crippen molar-refractivity contribution in [1.82, 2.24) is 15.0 Å². The minimum Gasteiger partial charge on any atom is -0.360 e. The third-order valence-electron chi connectivity index (χ3n) is 5.05. The zero-order chi connectivity index (χ0) is 16.0. The van der Waals surface area contributed by atoms with Crippen LogP contribution in [0.25, 0.3) is 0 Å². The number of likely N-dealkylation sites (tertiary alicyclic amines) is 1. The van der Waals surface area contributed by atoms with Crippen molar-refractivity contribution in [2.24, 2.45) is 0 Å². The number of nitrogens with zero attached hydrogens (tertiary/aromatic N) is 3. The zero-order valence-corrected chi connectivity index (χ0v) is 13.4. The van der Waals surface area contributed by atoms with Gasteiger partial charge < -0.3 is 19.1 Å². The van der Waals surface area contributed by atoms with Gasteiger partial charge in [0.15, 0.2) is 10.9 Å². The molecule has 0 unspecified atom stereocenters. The van der Waals surface area contributed by atoms with E-state index >= 15 is 0 Å². The van der Waals surface area contributed by atoms with Gasteiger partial charge in [-0.05, 0) is 6.42 Å². The maximum Gasteiger partial charge on any atom is 0.227 e. The van der Waals surface area contributed by atoms with Gasteiger partial charge in [0.05, 0.1) is 19.1 Å². The summed E-state index contributed by atoms with van der Waals surface area (Å²) in [5, 5.41) is 3.89. The van der Waals surface area contributed by atoms with Gasteiger partial charge in [0.1, 0.15) is 5.76 Å². The molecule has 2 atom stereocenters. The summed E-state index contributed by atoms with van der Waals surface area (Å²) in [5.41, 5.74) is -0.583. The standard InChI is InChI=1S/C15H18ClN3O4/c16-12-8-10(23-17-12)2-3-13(20)18-6-4-15-11(18)9-14(21)19(15)5-1-7-22-15/h8,11H,1-7,9H2/t11-,15+/m1/s1. The minimum atomic E-state index is -0.583. The number of amides is 2. The van der Waals surface area contributed by atoms with Crippen LogP contribution >= 0.6 is 11.6 Å². The maximum absolute atomic E-state index is 12.6. The molecule has 8 heteroatoms. The summed E-state index contributed by atoms with van der Waals surface area (Å²) in [6.07, 6.45) is 2.68. The summed E-state index contributed by atoms with van der Waals surface area (Å²) in [6, 6.07) is 1.45. The van der Waals surface area contributed by atoms with Crippen LogP contribution < -0.4 is 0 Å². The average molecular weight is 340 g/mol. The van der Waals surface area contributed by atoms with Crippen LogP contribution in [-0.2, 0) is 20.7 Å². The topological polar surface area (TPSA) is 75.9 Å². The Morgan fingerprint density at radius 3 is 3.13 bits per heavy atom. The molecule has 4 heterocycles. The molecule has 124 valence electrons. The van der Waals surface area contributed by atoms with E-state index in [1.165, 1.54) is 0 Å². The van der Waals surface area contributed by atoms with Crippen LogP contribution in [0.15, 0.2) is 10.6 Å². The Hall–Kier alpha value is -1.60. The number of hydrogen-bond acceptors (Lipinski definition) is 5. The van der Waals surface area contributed by atoms with Crippen molar-refractivity contribution < 1.29 is 18.8 Å². The van der Waals surface area contributed by atoms with Crippen molar-refractivity contribution >= 4 is 23.4 Å². The van der Waals surface area contributed by atoms with Crippen molar-refractivity contribution in [3.63, 3.8) is 0 Å². The lowest BCUT2D eigenvalue weighted by molar-refractivity contribution is -0.181. The van der Waals surface area contributed by atoms with Gasteiger partial charge in [0, 0.05) is 38.4 Å². The molecule has 3 aliphatic heterocycles. The van der Waals surface area contributed by atoms with E-state index in [4.69, 9.17) is 20.9 Å². The van der Waals surface area contributed by atoms with E-state index in [-0.39, 0.29) is 17.9 Å². The quantitative estimate of drug-likeness (QED) is 0.827. The molecule has 1 aromatic heterocycles. The Morgan fingerprint density at radius 1 is 1.48 bits per heavy atom. The summed E-state index contributed by atoms with van der Waals surface area (Å²) >= 11 is 5.71. The van der Waals surface area contributed by atoms with Crippen LogP contribution in [0.3, 0.4) is 0 Å². The molecule has 2 amide bonds. The highest BCUT2D eigenvalue weighted by Crippen LogP contribution is 2.45. The summed E-state index contributed by atoms with van der Waals surface area (Å²) < 4.78 is 11.0. The fourth-order valence-electron chi connectivity index (χ4n) is 4.03. The van der Waals surface area contributed by atoms with Crippen molar-refractivity contribution in [2.45, 2.75) is 43.9 Å². The largest absolute Gasteiger partial charge is 0.360 e. The molecule has 3 aliphatic rings. The number of halogens is 1. The first-order valence-electron chi connectivity index (χ1n) is 7.95. The van der Waals surface area contributed by atoms with Gasteiger partial charge in [0.2, 0.25) is 11.8 Å². The molecule has 3 saturated heterocycles. The highest BCUT2D eigenvalue weighted by atomic mass is 35.5. The van der Waals surface area contributed by atoms with E-state index in [9.17, 15) is 9.59 Å². The minimum absolute atomic E-state index is 0.0169. The molecule has 0 N–H and O–H groups in total. The highest BCUT2D eigenvalue weighted by molar-refractivity contribution is 6.29. The first kappa shape index (κ1) is 15.0. The molecular weight excluding hydrogens is 322 g/mol. The first-order chi connectivity index (χ1) is 11.1. The number of ether oxygens (including phenoxy) is 1. The van der Waals surface area contributed by atoms with Crippen LogP contribution in [0.5, 0.6) is 0 Å². The average Bonchev–Trinajstić information content (AvgIpc) is 3.18. The molecule has 0 aliphatic carbocycles. The fourth-order valence-corrected chi connectivity index (χ4v) is 4.18. The van der Waals surface area contributed by atoms with Gasteiger partial charge in [0.25, 0.3) is 0 Å². The number of carbonyl (C=O) groups excluding carboxylic acids is 2. The van der Waals surface area contributed by atoms with E-state index < -0.39 is 5.72 Å². The van der Waals surface area contributed by atoms with E-state index in [0.29, 0.717) is 49.7 Å². The zero-order valence-electron chi connectivity index (χ0n) is 12.7. The molecule has 23 heavy (non-hydrogen) atoms. The Bertz CT molecular complexity index is 648. The van der Waals surface area contributed by atoms with Crippen molar-refractivity contribution in [2.75, 3.05) is 19.7 Å². The third kappa shape index (κ3) is 2.33. The molecule has 4 rings (SSSR count). The predicted octanol–water partition coefficient (Wildman–Crippen LogP) is 1.21. The monoisotopic (exact) mass is 339 g/mol. The summed E-state index contributed by atoms with van der Waals surface area (Å²) in [6.45, 7) is 2.01. The van der Waals surface area contributed by atoms with E-state index in [0.717, 1.165) is 13.0 Å². The third-order valence-corrected chi connectivity index (χ3v) is 5.23. The predicted molar refractivity (Wildman–Crippen MR) is 79.6 cm³/mol. The normalized spacial score (nSPS) is 29.8. The van der Waals surface area contributed by atoms with E-state index in [1.807, 2.05) is 4.90 Å². The van der Waals surface area contributed by atoms with Gasteiger partial charge in [-0.1, -0.05) is 16.8 Å². The second-order valence-electron chi connectivity index (χ2n) is 6.27. The van der Waals surface area contributed by atoms with Gasteiger partial charge in [-0.15, -0.1) is 0 Å². The SMILES string of the molecule is O=C(CCc1cc(Cl)no1)N1CC[C@@]23OCCCN2C(=O)C[C@@H]13. The van der Waals surface area contributed by atoms with Crippen molar-refractivity contribution in [1.29, 1.82) is 0 Å². The smallest absolute Gasteiger partial charge is 0.227 e. The van der Waals surface area contributed by atoms with Crippen LogP contribution in [0.2, 0.25) is 5.15 Å². The first-order valence-corrected chi connectivity index (χ1v) is 8.33. The van der Waals surface area contributed by atoms with Crippen LogP contribution in [0.4, 0.5) is 0 Å². The summed E-state index contributed by atoms with van der Waals surface area (Å²) in [4.78, 5) is 28.5. The number of hydrogen-bond donors (Lipinski definition) is 0. The van der Waals surface area contributed by atoms with Gasteiger partial charge in [-0.25, -0.2) is 0 Å². The maximum atomic E-state index is 12.6. The van der Waals surface area contributed by atoms with Crippen LogP contribution in [0, 0.1) is 0 Å². The lowest BCUT2D eigenvalue weighted by Crippen LogP contribution is -2.56. The number of carbonyl (C=O) groups is 2. The van der Waals surface area contributed by atoms with Crippen LogP contribution in [-0.4, -0.2) is 58.2 Å². The number of aryl methyl sites for hydroxylation is 1. The van der Waals surface area contributed by atoms with E-state index in [2.05, 4.69) is 5.16 Å². The Balaban J connectivity index is 1.46. The second kappa shape index (κ2) is 5.49. The Morgan fingerprint density at radius 2 is 2.35 bits per heavy atom. The van der Waals surface area contributed by atoms with Crippen LogP contribution in [0.1, 0.15) is 31.4 Å². The Kier molecular flexibility index (Phi) is 3.57. The van der Waals surface area contributed by atoms with Gasteiger partial charge in [-0.3, -0.25) is 9.59 Å². The molecule has 0 aromatic carbocycles. The number of rotatable bonds is 3. The van der Waals surface area contributed by atoms with E-state index in [1.54, 1.807) is 11.0 Å². The second-order valence-corrected chi connectivity index (χ2v) is 6.65. The summed E-state index contributed by atoms with van der Waals surface area (Å²) in [7, 11) is 0. The molecule has 7 nitrogen and oxygen atoms in total. The fraction of sp³-hybridized carbons (Fsp3) is 0.667. The van der Waals surface area contributed by atoms with Gasteiger partial charge in [-0.2, -0.15) is 0 Å². The highest BCUT2D eigenvalue weighted by Gasteiger charge is 2.61. The number of aromatic nitrogens is 1. The molecular formula is C15H18ClN3O4. The van der Waals surface area contributed by atoms with Gasteiger partial charge >= 0.3 is 0 Å². The summed E-state index contributed by atoms with van der Waals surface area (Å²) in [5.74, 6) is 0.702. The molecule has 0 bridgehead atoms. The molecule has 0 radical (unpaired) electrons. The molecule has 1 aromatic rings. The molecule has 0 saturated carbocycles.